The zero-order chi connectivity index (χ0) is 21.0. The molecule has 1 aliphatic heterocycles. The number of carbonyl (C=O) groups is 3. The lowest BCUT2D eigenvalue weighted by Gasteiger charge is -2.14. The molecule has 0 aliphatic carbocycles. The number of rotatable bonds is 8. The fourth-order valence-electron chi connectivity index (χ4n) is 3.61. The van der Waals surface area contributed by atoms with Crippen molar-refractivity contribution in [1.29, 1.82) is 0 Å². The van der Waals surface area contributed by atoms with Gasteiger partial charge in [-0.3, -0.25) is 19.3 Å². The predicted octanol–water partition coefficient (Wildman–Crippen LogP) is 4.36. The van der Waals surface area contributed by atoms with Crippen LogP contribution in [-0.2, 0) is 4.79 Å². The summed E-state index contributed by atoms with van der Waals surface area (Å²) in [5, 5.41) is 3.02. The average Bonchev–Trinajstić information content (AvgIpc) is 2.92. The van der Waals surface area contributed by atoms with Gasteiger partial charge < -0.3 is 5.32 Å². The van der Waals surface area contributed by atoms with E-state index in [1.54, 1.807) is 36.0 Å². The fraction of sp³-hybridized carbons (Fsp3) is 0.348. The fourth-order valence-corrected chi connectivity index (χ4v) is 4.48. The lowest BCUT2D eigenvalue weighted by Crippen LogP contribution is -2.31. The first kappa shape index (κ1) is 21.1. The Morgan fingerprint density at radius 2 is 1.55 bits per heavy atom. The van der Waals surface area contributed by atoms with E-state index < -0.39 is 0 Å². The third-order valence-corrected chi connectivity index (χ3v) is 6.02. The summed E-state index contributed by atoms with van der Waals surface area (Å²) in [4.78, 5) is 38.2. The maximum Gasteiger partial charge on any atom is 0.261 e. The summed E-state index contributed by atoms with van der Waals surface area (Å²) < 4.78 is 0. The number of nitrogens with one attached hydrogen (secondary N) is 1. The predicted molar refractivity (Wildman–Crippen MR) is 118 cm³/mol. The second kappa shape index (κ2) is 9.27. The summed E-state index contributed by atoms with van der Waals surface area (Å²) in [6.45, 7) is 6.45. The molecule has 6 heteroatoms. The van der Waals surface area contributed by atoms with E-state index >= 15 is 0 Å². The van der Waals surface area contributed by atoms with Crippen LogP contribution in [0.3, 0.4) is 0 Å². The summed E-state index contributed by atoms with van der Waals surface area (Å²) in [6.07, 6.45) is 1.20. The Kier molecular flexibility index (Phi) is 6.75. The maximum absolute atomic E-state index is 12.3. The van der Waals surface area contributed by atoms with Gasteiger partial charge in [0.2, 0.25) is 5.91 Å². The van der Waals surface area contributed by atoms with Crippen molar-refractivity contribution < 1.29 is 14.4 Å². The van der Waals surface area contributed by atoms with Crippen molar-refractivity contribution >= 4 is 35.2 Å². The lowest BCUT2D eigenvalue weighted by molar-refractivity contribution is -0.116. The molecule has 1 N–H and O–H groups in total. The summed E-state index contributed by atoms with van der Waals surface area (Å²) in [6, 6.07) is 11.1. The first-order valence-corrected chi connectivity index (χ1v) is 10.9. The molecule has 3 amide bonds. The number of anilines is 1. The SMILES string of the molecule is Cc1cc(C)c(NC(=O)CCCSCCN2C(=O)c3ccccc3C2=O)c(C)c1. The Morgan fingerprint density at radius 1 is 0.966 bits per heavy atom. The number of aryl methyl sites for hydroxylation is 3. The summed E-state index contributed by atoms with van der Waals surface area (Å²) in [5.41, 5.74) is 5.21. The third-order valence-electron chi connectivity index (χ3n) is 4.97. The van der Waals surface area contributed by atoms with Crippen molar-refractivity contribution in [1.82, 2.24) is 4.90 Å². The van der Waals surface area contributed by atoms with E-state index in [4.69, 9.17) is 0 Å². The molecule has 5 nitrogen and oxygen atoms in total. The summed E-state index contributed by atoms with van der Waals surface area (Å²) >= 11 is 1.65. The molecule has 152 valence electrons. The molecule has 1 heterocycles. The highest BCUT2D eigenvalue weighted by Gasteiger charge is 2.34. The van der Waals surface area contributed by atoms with Gasteiger partial charge in [0.25, 0.3) is 11.8 Å². The van der Waals surface area contributed by atoms with Crippen LogP contribution in [0.15, 0.2) is 36.4 Å². The zero-order valence-corrected chi connectivity index (χ0v) is 17.9. The monoisotopic (exact) mass is 410 g/mol. The highest BCUT2D eigenvalue weighted by molar-refractivity contribution is 7.99. The van der Waals surface area contributed by atoms with Gasteiger partial charge in [-0.25, -0.2) is 0 Å². The molecule has 29 heavy (non-hydrogen) atoms. The molecular weight excluding hydrogens is 384 g/mol. The number of carbonyl (C=O) groups excluding carboxylic acids is 3. The first-order valence-electron chi connectivity index (χ1n) is 9.79. The standard InChI is InChI=1S/C23H26N2O3S/c1-15-13-16(2)21(17(3)14-15)24-20(26)9-6-11-29-12-10-25-22(27)18-7-4-5-8-19(18)23(25)28/h4-5,7-8,13-14H,6,9-12H2,1-3H3,(H,24,26). The number of imide groups is 1. The van der Waals surface area contributed by atoms with Gasteiger partial charge in [-0.15, -0.1) is 0 Å². The molecule has 0 saturated carbocycles. The molecule has 0 unspecified atom stereocenters. The van der Waals surface area contributed by atoms with E-state index in [-0.39, 0.29) is 17.7 Å². The molecule has 2 aromatic rings. The van der Waals surface area contributed by atoms with Crippen LogP contribution in [0, 0.1) is 20.8 Å². The number of fused-ring (bicyclic) bond motifs is 1. The minimum atomic E-state index is -0.214. The second-order valence-electron chi connectivity index (χ2n) is 7.35. The molecule has 0 atom stereocenters. The van der Waals surface area contributed by atoms with Crippen molar-refractivity contribution in [3.63, 3.8) is 0 Å². The van der Waals surface area contributed by atoms with Crippen LogP contribution in [0.25, 0.3) is 0 Å². The lowest BCUT2D eigenvalue weighted by atomic mass is 10.0. The van der Waals surface area contributed by atoms with Gasteiger partial charge in [-0.2, -0.15) is 11.8 Å². The van der Waals surface area contributed by atoms with Gasteiger partial charge in [0.1, 0.15) is 0 Å². The molecule has 0 bridgehead atoms. The second-order valence-corrected chi connectivity index (χ2v) is 8.57. The summed E-state index contributed by atoms with van der Waals surface area (Å²) in [7, 11) is 0. The van der Waals surface area contributed by atoms with Crippen LogP contribution in [0.4, 0.5) is 5.69 Å². The highest BCUT2D eigenvalue weighted by atomic mass is 32.2. The highest BCUT2D eigenvalue weighted by Crippen LogP contribution is 2.23. The average molecular weight is 411 g/mol. The normalized spacial score (nSPS) is 13.0. The molecule has 3 rings (SSSR count). The van der Waals surface area contributed by atoms with Gasteiger partial charge in [-0.1, -0.05) is 29.8 Å². The Bertz CT molecular complexity index is 897. The van der Waals surface area contributed by atoms with Crippen molar-refractivity contribution in [3.8, 4) is 0 Å². The van der Waals surface area contributed by atoms with Crippen LogP contribution in [0.2, 0.25) is 0 Å². The van der Waals surface area contributed by atoms with Crippen molar-refractivity contribution in [2.45, 2.75) is 33.6 Å². The van der Waals surface area contributed by atoms with Gasteiger partial charge in [0.15, 0.2) is 0 Å². The topological polar surface area (TPSA) is 66.5 Å². The molecule has 0 saturated heterocycles. The maximum atomic E-state index is 12.3. The number of nitrogens with zero attached hydrogens (tertiary/aromatic N) is 1. The Morgan fingerprint density at radius 3 is 2.14 bits per heavy atom. The smallest absolute Gasteiger partial charge is 0.261 e. The number of amides is 3. The van der Waals surface area contributed by atoms with E-state index in [2.05, 4.69) is 17.4 Å². The number of thioether (sulfide) groups is 1. The number of benzene rings is 2. The summed E-state index contributed by atoms with van der Waals surface area (Å²) in [5.74, 6) is 1.07. The molecule has 0 fully saturated rings. The minimum absolute atomic E-state index is 0.0148. The molecule has 0 spiro atoms. The van der Waals surface area contributed by atoms with Crippen LogP contribution in [-0.4, -0.2) is 40.7 Å². The van der Waals surface area contributed by atoms with Crippen molar-refractivity contribution in [3.05, 3.63) is 64.2 Å². The number of hydrogen-bond acceptors (Lipinski definition) is 4. The van der Waals surface area contributed by atoms with Crippen LogP contribution in [0.5, 0.6) is 0 Å². The molecule has 0 aromatic heterocycles. The van der Waals surface area contributed by atoms with E-state index in [1.165, 1.54) is 10.5 Å². The number of hydrogen-bond donors (Lipinski definition) is 1. The van der Waals surface area contributed by atoms with Crippen LogP contribution < -0.4 is 5.32 Å². The van der Waals surface area contributed by atoms with E-state index in [9.17, 15) is 14.4 Å². The van der Waals surface area contributed by atoms with Crippen LogP contribution >= 0.6 is 11.8 Å². The quantitative estimate of drug-likeness (QED) is 0.519. The molecule has 0 radical (unpaired) electrons. The Balaban J connectivity index is 1.37. The van der Waals surface area contributed by atoms with Crippen LogP contribution in [0.1, 0.15) is 50.2 Å². The van der Waals surface area contributed by atoms with Gasteiger partial charge in [0.05, 0.1) is 11.1 Å². The van der Waals surface area contributed by atoms with Gasteiger partial charge >= 0.3 is 0 Å². The third kappa shape index (κ3) is 4.88. The Labute approximate surface area is 175 Å². The largest absolute Gasteiger partial charge is 0.326 e. The Hall–Kier alpha value is -2.60. The first-order chi connectivity index (χ1) is 13.9. The van der Waals surface area contributed by atoms with Gasteiger partial charge in [0, 0.05) is 24.4 Å². The minimum Gasteiger partial charge on any atom is -0.326 e. The molecule has 1 aliphatic rings. The van der Waals surface area contributed by atoms with Crippen molar-refractivity contribution in [2.75, 3.05) is 23.4 Å². The zero-order valence-electron chi connectivity index (χ0n) is 17.1. The molecular formula is C23H26N2O3S. The van der Waals surface area contributed by atoms with E-state index in [0.29, 0.717) is 29.8 Å². The van der Waals surface area contributed by atoms with Crippen molar-refractivity contribution in [2.24, 2.45) is 0 Å². The van der Waals surface area contributed by atoms with E-state index in [1.807, 2.05) is 20.8 Å². The van der Waals surface area contributed by atoms with Gasteiger partial charge in [-0.05, 0) is 56.2 Å². The molecule has 2 aromatic carbocycles. The van der Waals surface area contributed by atoms with E-state index in [0.717, 1.165) is 29.0 Å².